The number of ether oxygens (including phenoxy) is 2. The SMILES string of the molecule is COc1cc2oc3cc(O)c(OC)c(CC=C(C)C)c3c(=O)c2c(O)c1CCC(C)(C)O. The van der Waals surface area contributed by atoms with Crippen LogP contribution in [0.3, 0.4) is 0 Å². The van der Waals surface area contributed by atoms with E-state index in [1.54, 1.807) is 19.9 Å². The molecule has 7 nitrogen and oxygen atoms in total. The lowest BCUT2D eigenvalue weighted by atomic mass is 9.95. The second-order valence-electron chi connectivity index (χ2n) is 8.79. The Balaban J connectivity index is 2.41. The number of aromatic hydroxyl groups is 2. The highest BCUT2D eigenvalue weighted by Gasteiger charge is 2.24. The predicted octanol–water partition coefficient (Wildman–Crippen LogP) is 4.59. The zero-order valence-electron chi connectivity index (χ0n) is 19.3. The molecule has 1 aromatic heterocycles. The van der Waals surface area contributed by atoms with Crippen molar-refractivity contribution in [3.8, 4) is 23.0 Å². The molecule has 0 aliphatic carbocycles. The van der Waals surface area contributed by atoms with Gasteiger partial charge in [0.05, 0.1) is 25.2 Å². The number of rotatable bonds is 7. The largest absolute Gasteiger partial charge is 0.507 e. The van der Waals surface area contributed by atoms with Gasteiger partial charge in [-0.25, -0.2) is 0 Å². The fourth-order valence-electron chi connectivity index (χ4n) is 3.80. The number of phenolic OH excluding ortho intramolecular Hbond substituents is 2. The first kappa shape index (κ1) is 23.5. The van der Waals surface area contributed by atoms with Gasteiger partial charge in [0.2, 0.25) is 5.43 Å². The van der Waals surface area contributed by atoms with Crippen molar-refractivity contribution in [3.05, 3.63) is 45.1 Å². The van der Waals surface area contributed by atoms with Crippen molar-refractivity contribution in [2.75, 3.05) is 14.2 Å². The molecule has 0 aliphatic heterocycles. The minimum Gasteiger partial charge on any atom is -0.507 e. The van der Waals surface area contributed by atoms with Gasteiger partial charge in [-0.2, -0.15) is 0 Å². The van der Waals surface area contributed by atoms with Crippen molar-refractivity contribution >= 4 is 21.9 Å². The lowest BCUT2D eigenvalue weighted by molar-refractivity contribution is 0.0711. The smallest absolute Gasteiger partial charge is 0.204 e. The topological polar surface area (TPSA) is 109 Å². The molecule has 3 rings (SSSR count). The molecular formula is C25H30O7. The Morgan fingerprint density at radius 2 is 1.72 bits per heavy atom. The standard InChI is InChI=1S/C25H30O7/c1-13(2)7-8-15-20-18(11-16(26)24(15)31-6)32-19-12-17(30-5)14(9-10-25(3,4)29)22(27)21(19)23(20)28/h7,11-12,26-27,29H,8-10H2,1-6H3. The van der Waals surface area contributed by atoms with Crippen LogP contribution in [-0.2, 0) is 12.8 Å². The second kappa shape index (κ2) is 8.74. The van der Waals surface area contributed by atoms with Crippen molar-refractivity contribution in [3.63, 3.8) is 0 Å². The van der Waals surface area contributed by atoms with Crippen LogP contribution in [0, 0.1) is 0 Å². The molecule has 172 valence electrons. The molecule has 1 heterocycles. The number of methoxy groups -OCH3 is 2. The predicted molar refractivity (Wildman–Crippen MR) is 124 cm³/mol. The van der Waals surface area contributed by atoms with Gasteiger partial charge in [-0.1, -0.05) is 11.6 Å². The van der Waals surface area contributed by atoms with E-state index >= 15 is 0 Å². The van der Waals surface area contributed by atoms with Crippen LogP contribution in [0.1, 0.15) is 45.2 Å². The van der Waals surface area contributed by atoms with E-state index in [9.17, 15) is 20.1 Å². The Morgan fingerprint density at radius 3 is 2.28 bits per heavy atom. The molecule has 0 spiro atoms. The summed E-state index contributed by atoms with van der Waals surface area (Å²) in [4.78, 5) is 13.6. The summed E-state index contributed by atoms with van der Waals surface area (Å²) in [6.45, 7) is 7.21. The third-order valence-corrected chi connectivity index (χ3v) is 5.45. The molecule has 7 heteroatoms. The van der Waals surface area contributed by atoms with E-state index < -0.39 is 11.0 Å². The third kappa shape index (κ3) is 4.39. The maximum Gasteiger partial charge on any atom is 0.204 e. The Bertz CT molecular complexity index is 1260. The Hall–Kier alpha value is -3.19. The summed E-state index contributed by atoms with van der Waals surface area (Å²) in [6, 6.07) is 2.89. The van der Waals surface area contributed by atoms with Gasteiger partial charge in [-0.15, -0.1) is 0 Å². The maximum absolute atomic E-state index is 13.6. The van der Waals surface area contributed by atoms with Crippen molar-refractivity contribution in [2.24, 2.45) is 0 Å². The number of hydrogen-bond acceptors (Lipinski definition) is 7. The molecule has 0 saturated heterocycles. The van der Waals surface area contributed by atoms with Crippen molar-refractivity contribution in [1.82, 2.24) is 0 Å². The quantitative estimate of drug-likeness (QED) is 0.363. The maximum atomic E-state index is 13.6. The fraction of sp³-hybridized carbons (Fsp3) is 0.400. The van der Waals surface area contributed by atoms with E-state index in [-0.39, 0.29) is 39.2 Å². The van der Waals surface area contributed by atoms with Gasteiger partial charge in [0.1, 0.15) is 28.1 Å². The van der Waals surface area contributed by atoms with Crippen molar-refractivity contribution < 1.29 is 29.2 Å². The first-order valence-electron chi connectivity index (χ1n) is 10.4. The molecule has 0 fully saturated rings. The molecule has 0 radical (unpaired) electrons. The van der Waals surface area contributed by atoms with Crippen molar-refractivity contribution in [1.29, 1.82) is 0 Å². The minimum atomic E-state index is -0.955. The van der Waals surface area contributed by atoms with E-state index in [0.717, 1.165) is 5.57 Å². The van der Waals surface area contributed by atoms with Crippen LogP contribution >= 0.6 is 0 Å². The van der Waals surface area contributed by atoms with E-state index in [2.05, 4.69) is 0 Å². The fourth-order valence-corrected chi connectivity index (χ4v) is 3.80. The number of aliphatic hydroxyl groups is 1. The van der Waals surface area contributed by atoms with Crippen LogP contribution in [0.2, 0.25) is 0 Å². The van der Waals surface area contributed by atoms with E-state index in [1.165, 1.54) is 20.3 Å². The number of fused-ring (bicyclic) bond motifs is 2. The summed E-state index contributed by atoms with van der Waals surface area (Å²) in [5.74, 6) is 0.165. The highest BCUT2D eigenvalue weighted by Crippen LogP contribution is 2.41. The van der Waals surface area contributed by atoms with Gasteiger partial charge >= 0.3 is 0 Å². The zero-order valence-corrected chi connectivity index (χ0v) is 19.3. The Morgan fingerprint density at radius 1 is 1.06 bits per heavy atom. The Labute approximate surface area is 186 Å². The highest BCUT2D eigenvalue weighted by atomic mass is 16.5. The molecular weight excluding hydrogens is 412 g/mol. The summed E-state index contributed by atoms with van der Waals surface area (Å²) in [5, 5.41) is 31.9. The molecule has 3 N–H and O–H groups in total. The summed E-state index contributed by atoms with van der Waals surface area (Å²) >= 11 is 0. The summed E-state index contributed by atoms with van der Waals surface area (Å²) in [7, 11) is 2.88. The molecule has 0 unspecified atom stereocenters. The summed E-state index contributed by atoms with van der Waals surface area (Å²) in [5.41, 5.74) is 0.878. The van der Waals surface area contributed by atoms with Crippen LogP contribution in [0.4, 0.5) is 0 Å². The van der Waals surface area contributed by atoms with Crippen molar-refractivity contribution in [2.45, 2.75) is 52.6 Å². The number of allylic oxidation sites excluding steroid dienone is 2. The van der Waals surface area contributed by atoms with E-state index in [0.29, 0.717) is 36.1 Å². The number of phenols is 2. The lowest BCUT2D eigenvalue weighted by Gasteiger charge is -2.19. The van der Waals surface area contributed by atoms with Crippen LogP contribution in [-0.4, -0.2) is 35.1 Å². The molecule has 0 saturated carbocycles. The normalized spacial score (nSPS) is 11.7. The van der Waals surface area contributed by atoms with Gasteiger partial charge in [-0.05, 0) is 47.0 Å². The molecule has 0 atom stereocenters. The molecule has 2 aromatic carbocycles. The van der Waals surface area contributed by atoms with Gasteiger partial charge in [0.25, 0.3) is 0 Å². The van der Waals surface area contributed by atoms with E-state index in [1.807, 2.05) is 19.9 Å². The lowest BCUT2D eigenvalue weighted by Crippen LogP contribution is -2.19. The van der Waals surface area contributed by atoms with Crippen LogP contribution < -0.4 is 14.9 Å². The molecule has 0 bridgehead atoms. The van der Waals surface area contributed by atoms with Gasteiger partial charge < -0.3 is 29.2 Å². The molecule has 0 aliphatic rings. The van der Waals surface area contributed by atoms with Crippen LogP contribution in [0.15, 0.2) is 33.0 Å². The first-order chi connectivity index (χ1) is 15.0. The number of hydrogen-bond donors (Lipinski definition) is 3. The Kier molecular flexibility index (Phi) is 6.41. The zero-order chi connectivity index (χ0) is 23.8. The van der Waals surface area contributed by atoms with Crippen LogP contribution in [0.25, 0.3) is 21.9 Å². The molecule has 3 aromatic rings. The van der Waals surface area contributed by atoms with Gasteiger partial charge in [0.15, 0.2) is 11.5 Å². The molecule has 32 heavy (non-hydrogen) atoms. The third-order valence-electron chi connectivity index (χ3n) is 5.45. The summed E-state index contributed by atoms with van der Waals surface area (Å²) in [6.07, 6.45) is 2.92. The van der Waals surface area contributed by atoms with Gasteiger partial charge in [-0.3, -0.25) is 4.79 Å². The average Bonchev–Trinajstić information content (AvgIpc) is 2.69. The minimum absolute atomic E-state index is 0.0234. The highest BCUT2D eigenvalue weighted by molar-refractivity contribution is 5.97. The average molecular weight is 443 g/mol. The molecule has 0 amide bonds. The monoisotopic (exact) mass is 442 g/mol. The summed E-state index contributed by atoms with van der Waals surface area (Å²) < 4.78 is 16.8. The number of benzene rings is 2. The van der Waals surface area contributed by atoms with Crippen LogP contribution in [0.5, 0.6) is 23.0 Å². The van der Waals surface area contributed by atoms with Gasteiger partial charge in [0, 0.05) is 23.3 Å². The van der Waals surface area contributed by atoms with E-state index in [4.69, 9.17) is 13.9 Å². The first-order valence-corrected chi connectivity index (χ1v) is 10.4. The second-order valence-corrected chi connectivity index (χ2v) is 8.79.